The molecule has 2 unspecified atom stereocenters. The van der Waals surface area contributed by atoms with Crippen LogP contribution in [0.25, 0.3) is 0 Å². The second-order valence-electron chi connectivity index (χ2n) is 5.14. The van der Waals surface area contributed by atoms with E-state index in [1.54, 1.807) is 12.1 Å². The summed E-state index contributed by atoms with van der Waals surface area (Å²) in [5, 5.41) is 12.4. The minimum absolute atomic E-state index is 0.0635. The molecule has 0 bridgehead atoms. The largest absolute Gasteiger partial charge is 0.396 e. The van der Waals surface area contributed by atoms with Crippen molar-refractivity contribution in [3.63, 3.8) is 0 Å². The van der Waals surface area contributed by atoms with Crippen LogP contribution in [0.5, 0.6) is 0 Å². The highest BCUT2D eigenvalue weighted by molar-refractivity contribution is 6.17. The lowest BCUT2D eigenvalue weighted by atomic mass is 9.85. The summed E-state index contributed by atoms with van der Waals surface area (Å²) >= 11 is 5.72. The predicted molar refractivity (Wildman–Crippen MR) is 76.3 cm³/mol. The zero-order valence-electron chi connectivity index (χ0n) is 10.9. The van der Waals surface area contributed by atoms with Crippen molar-refractivity contribution in [2.24, 2.45) is 5.92 Å². The standard InChI is InChI=1S/C15H20ClNO2/c16-9-11-5-7-12(8-6-11)15(19)17-14-4-2-1-3-13(14)10-18/h5-8,13-14,18H,1-4,9-10H2,(H,17,19). The summed E-state index contributed by atoms with van der Waals surface area (Å²) < 4.78 is 0. The molecule has 0 aliphatic heterocycles. The van der Waals surface area contributed by atoms with Crippen LogP contribution in [0.3, 0.4) is 0 Å². The van der Waals surface area contributed by atoms with Crippen molar-refractivity contribution in [1.29, 1.82) is 0 Å². The Bertz CT molecular complexity index is 419. The number of halogens is 1. The summed E-state index contributed by atoms with van der Waals surface area (Å²) in [5.74, 6) is 0.586. The van der Waals surface area contributed by atoms with Crippen molar-refractivity contribution in [3.8, 4) is 0 Å². The van der Waals surface area contributed by atoms with E-state index in [4.69, 9.17) is 11.6 Å². The number of aliphatic hydroxyl groups is 1. The average Bonchev–Trinajstić information content (AvgIpc) is 2.48. The minimum atomic E-state index is -0.0635. The number of aliphatic hydroxyl groups excluding tert-OH is 1. The number of benzene rings is 1. The third kappa shape index (κ3) is 3.71. The highest BCUT2D eigenvalue weighted by Crippen LogP contribution is 2.24. The number of carbonyl (C=O) groups excluding carboxylic acids is 1. The first-order valence-electron chi connectivity index (χ1n) is 6.81. The fraction of sp³-hybridized carbons (Fsp3) is 0.533. The first kappa shape index (κ1) is 14.4. The van der Waals surface area contributed by atoms with Gasteiger partial charge in [0.05, 0.1) is 0 Å². The molecule has 1 amide bonds. The maximum Gasteiger partial charge on any atom is 0.251 e. The third-order valence-electron chi connectivity index (χ3n) is 3.83. The zero-order valence-corrected chi connectivity index (χ0v) is 11.7. The van der Waals surface area contributed by atoms with Crippen LogP contribution in [0.4, 0.5) is 0 Å². The van der Waals surface area contributed by atoms with Crippen molar-refractivity contribution in [2.45, 2.75) is 37.6 Å². The van der Waals surface area contributed by atoms with Crippen LogP contribution < -0.4 is 5.32 Å². The molecular weight excluding hydrogens is 262 g/mol. The van der Waals surface area contributed by atoms with E-state index in [0.717, 1.165) is 31.2 Å². The molecule has 1 fully saturated rings. The van der Waals surface area contributed by atoms with Crippen LogP contribution in [-0.4, -0.2) is 23.7 Å². The molecule has 0 spiro atoms. The van der Waals surface area contributed by atoms with E-state index < -0.39 is 0 Å². The van der Waals surface area contributed by atoms with E-state index in [0.29, 0.717) is 11.4 Å². The quantitative estimate of drug-likeness (QED) is 0.834. The number of nitrogens with one attached hydrogen (secondary N) is 1. The fourth-order valence-electron chi connectivity index (χ4n) is 2.61. The lowest BCUT2D eigenvalue weighted by molar-refractivity contribution is 0.0872. The van der Waals surface area contributed by atoms with E-state index >= 15 is 0 Å². The Balaban J connectivity index is 1.98. The van der Waals surface area contributed by atoms with Gasteiger partial charge in [0, 0.05) is 30.0 Å². The van der Waals surface area contributed by atoms with Gasteiger partial charge in [0.15, 0.2) is 0 Å². The van der Waals surface area contributed by atoms with Crippen molar-refractivity contribution in [2.75, 3.05) is 6.61 Å². The summed E-state index contributed by atoms with van der Waals surface area (Å²) in [4.78, 5) is 12.1. The van der Waals surface area contributed by atoms with Crippen LogP contribution in [0.15, 0.2) is 24.3 Å². The van der Waals surface area contributed by atoms with Gasteiger partial charge < -0.3 is 10.4 Å². The van der Waals surface area contributed by atoms with E-state index in [1.165, 1.54) is 0 Å². The smallest absolute Gasteiger partial charge is 0.251 e. The second-order valence-corrected chi connectivity index (χ2v) is 5.40. The van der Waals surface area contributed by atoms with Gasteiger partial charge >= 0.3 is 0 Å². The monoisotopic (exact) mass is 281 g/mol. The summed E-state index contributed by atoms with van der Waals surface area (Å²) in [5.41, 5.74) is 1.65. The molecule has 0 saturated heterocycles. The Kier molecular flexibility index (Phi) is 5.23. The lowest BCUT2D eigenvalue weighted by Crippen LogP contribution is -2.43. The Morgan fingerprint density at radius 2 is 1.95 bits per heavy atom. The van der Waals surface area contributed by atoms with Gasteiger partial charge in [0.25, 0.3) is 5.91 Å². The number of carbonyl (C=O) groups is 1. The van der Waals surface area contributed by atoms with Gasteiger partial charge in [-0.25, -0.2) is 0 Å². The maximum absolute atomic E-state index is 12.1. The zero-order chi connectivity index (χ0) is 13.7. The molecule has 1 aromatic carbocycles. The molecule has 1 saturated carbocycles. The number of alkyl halides is 1. The van der Waals surface area contributed by atoms with Crippen molar-refractivity contribution in [3.05, 3.63) is 35.4 Å². The van der Waals surface area contributed by atoms with Crippen LogP contribution in [0, 0.1) is 5.92 Å². The Morgan fingerprint density at radius 1 is 1.26 bits per heavy atom. The van der Waals surface area contributed by atoms with Gasteiger partial charge in [-0.05, 0) is 30.5 Å². The molecule has 2 rings (SSSR count). The van der Waals surface area contributed by atoms with Crippen molar-refractivity contribution < 1.29 is 9.90 Å². The summed E-state index contributed by atoms with van der Waals surface area (Å²) in [6.45, 7) is 0.149. The average molecular weight is 282 g/mol. The van der Waals surface area contributed by atoms with Gasteiger partial charge in [0.1, 0.15) is 0 Å². The van der Waals surface area contributed by atoms with E-state index in [1.807, 2.05) is 12.1 Å². The molecule has 3 nitrogen and oxygen atoms in total. The minimum Gasteiger partial charge on any atom is -0.396 e. The van der Waals surface area contributed by atoms with Gasteiger partial charge in [-0.1, -0.05) is 25.0 Å². The van der Waals surface area contributed by atoms with Gasteiger partial charge in [-0.3, -0.25) is 4.79 Å². The SMILES string of the molecule is O=C(NC1CCCCC1CO)c1ccc(CCl)cc1. The maximum atomic E-state index is 12.1. The molecule has 0 aromatic heterocycles. The summed E-state index contributed by atoms with van der Waals surface area (Å²) in [7, 11) is 0. The first-order valence-corrected chi connectivity index (χ1v) is 7.34. The molecule has 1 aliphatic carbocycles. The molecular formula is C15H20ClNO2. The Labute approximate surface area is 119 Å². The highest BCUT2D eigenvalue weighted by atomic mass is 35.5. The topological polar surface area (TPSA) is 49.3 Å². The predicted octanol–water partition coefficient (Wildman–Crippen LogP) is 2.71. The van der Waals surface area contributed by atoms with E-state index in [2.05, 4.69) is 5.32 Å². The third-order valence-corrected chi connectivity index (χ3v) is 4.14. The Hall–Kier alpha value is -1.06. The van der Waals surface area contributed by atoms with Crippen molar-refractivity contribution >= 4 is 17.5 Å². The number of hydrogen-bond donors (Lipinski definition) is 2. The molecule has 0 radical (unpaired) electrons. The molecule has 1 aromatic rings. The molecule has 104 valence electrons. The van der Waals surface area contributed by atoms with Crippen LogP contribution in [0.1, 0.15) is 41.6 Å². The van der Waals surface area contributed by atoms with Crippen LogP contribution in [-0.2, 0) is 5.88 Å². The number of rotatable bonds is 4. The van der Waals surface area contributed by atoms with Crippen molar-refractivity contribution in [1.82, 2.24) is 5.32 Å². The lowest BCUT2D eigenvalue weighted by Gasteiger charge is -2.30. The molecule has 0 heterocycles. The van der Waals surface area contributed by atoms with Crippen LogP contribution >= 0.6 is 11.6 Å². The second kappa shape index (κ2) is 6.92. The summed E-state index contributed by atoms with van der Waals surface area (Å²) in [6, 6.07) is 7.42. The molecule has 2 N–H and O–H groups in total. The van der Waals surface area contributed by atoms with Crippen LogP contribution in [0.2, 0.25) is 0 Å². The normalized spacial score (nSPS) is 23.1. The van der Waals surface area contributed by atoms with Gasteiger partial charge in [0.2, 0.25) is 0 Å². The Morgan fingerprint density at radius 3 is 2.58 bits per heavy atom. The van der Waals surface area contributed by atoms with Gasteiger partial charge in [-0.15, -0.1) is 11.6 Å². The molecule has 19 heavy (non-hydrogen) atoms. The van der Waals surface area contributed by atoms with Gasteiger partial charge in [-0.2, -0.15) is 0 Å². The number of amides is 1. The highest BCUT2D eigenvalue weighted by Gasteiger charge is 2.25. The van der Waals surface area contributed by atoms with E-state index in [-0.39, 0.29) is 24.5 Å². The van der Waals surface area contributed by atoms with E-state index in [9.17, 15) is 9.90 Å². The molecule has 1 aliphatic rings. The molecule has 2 atom stereocenters. The summed E-state index contributed by atoms with van der Waals surface area (Å²) in [6.07, 6.45) is 4.21. The first-order chi connectivity index (χ1) is 9.24. The molecule has 4 heteroatoms. The number of hydrogen-bond acceptors (Lipinski definition) is 2. The fourth-order valence-corrected chi connectivity index (χ4v) is 2.79.